The van der Waals surface area contributed by atoms with E-state index in [-0.39, 0.29) is 18.0 Å². The first-order valence-electron chi connectivity index (χ1n) is 10.1. The number of carbonyl (C=O) groups excluding carboxylic acids is 1. The Balaban J connectivity index is 1.31. The molecule has 144 valence electrons. The van der Waals surface area contributed by atoms with Gasteiger partial charge in [-0.25, -0.2) is 4.98 Å². The Kier molecular flexibility index (Phi) is 5.43. The Hall–Kier alpha value is -2.34. The fourth-order valence-electron chi connectivity index (χ4n) is 4.22. The highest BCUT2D eigenvalue weighted by Gasteiger charge is 2.23. The number of imidazole rings is 1. The fraction of sp³-hybridized carbons (Fsp3) is 0.524. The van der Waals surface area contributed by atoms with Gasteiger partial charge in [0.05, 0.1) is 6.04 Å². The summed E-state index contributed by atoms with van der Waals surface area (Å²) in [4.78, 5) is 19.4. The van der Waals surface area contributed by atoms with Crippen LogP contribution in [0.4, 0.5) is 11.4 Å². The summed E-state index contributed by atoms with van der Waals surface area (Å²) in [7, 11) is 0. The van der Waals surface area contributed by atoms with Gasteiger partial charge in [0.25, 0.3) is 0 Å². The predicted molar refractivity (Wildman–Crippen MR) is 108 cm³/mol. The minimum atomic E-state index is 0.0488. The molecule has 1 aromatic heterocycles. The number of aromatic nitrogens is 2. The van der Waals surface area contributed by atoms with Crippen LogP contribution >= 0.6 is 0 Å². The summed E-state index contributed by atoms with van der Waals surface area (Å²) in [6.45, 7) is 5.32. The number of anilines is 2. The van der Waals surface area contributed by atoms with E-state index in [1.54, 1.807) is 0 Å². The summed E-state index contributed by atoms with van der Waals surface area (Å²) in [6, 6.07) is 8.52. The van der Waals surface area contributed by atoms with Crippen molar-refractivity contribution < 1.29 is 4.79 Å². The highest BCUT2D eigenvalue weighted by atomic mass is 16.1. The first-order valence-corrected chi connectivity index (χ1v) is 10.1. The Bertz CT molecular complexity index is 780. The molecule has 2 aliphatic rings. The second-order valence-corrected chi connectivity index (χ2v) is 7.74. The minimum Gasteiger partial charge on any atom is -0.371 e. The second-order valence-electron chi connectivity index (χ2n) is 7.74. The van der Waals surface area contributed by atoms with Crippen LogP contribution in [0.1, 0.15) is 50.9 Å². The van der Waals surface area contributed by atoms with Crippen LogP contribution in [0.3, 0.4) is 0 Å². The Morgan fingerprint density at radius 3 is 2.96 bits per heavy atom. The maximum Gasteiger partial charge on any atom is 0.225 e. The van der Waals surface area contributed by atoms with Crippen LogP contribution in [0.2, 0.25) is 0 Å². The van der Waals surface area contributed by atoms with E-state index in [2.05, 4.69) is 44.1 Å². The maximum absolute atomic E-state index is 12.5. The van der Waals surface area contributed by atoms with Gasteiger partial charge >= 0.3 is 0 Å². The summed E-state index contributed by atoms with van der Waals surface area (Å²) in [5, 5.41) is 6.64. The van der Waals surface area contributed by atoms with Crippen molar-refractivity contribution in [3.05, 3.63) is 42.5 Å². The van der Waals surface area contributed by atoms with Gasteiger partial charge in [-0.2, -0.15) is 0 Å². The molecule has 1 amide bonds. The van der Waals surface area contributed by atoms with E-state index in [4.69, 9.17) is 0 Å². The maximum atomic E-state index is 12.5. The third-order valence-electron chi connectivity index (χ3n) is 5.53. The number of benzene rings is 1. The number of amides is 1. The van der Waals surface area contributed by atoms with E-state index >= 15 is 0 Å². The molecule has 2 aromatic rings. The zero-order chi connectivity index (χ0) is 18.6. The molecule has 0 radical (unpaired) electrons. The van der Waals surface area contributed by atoms with Gasteiger partial charge in [0.2, 0.25) is 5.91 Å². The Morgan fingerprint density at radius 2 is 2.11 bits per heavy atom. The van der Waals surface area contributed by atoms with Crippen molar-refractivity contribution in [3.63, 3.8) is 0 Å². The average molecular weight is 367 g/mol. The van der Waals surface area contributed by atoms with Gasteiger partial charge in [0.15, 0.2) is 0 Å². The van der Waals surface area contributed by atoms with E-state index in [1.165, 1.54) is 18.5 Å². The number of nitrogens with zero attached hydrogens (tertiary/aromatic N) is 3. The molecule has 2 atom stereocenters. The highest BCUT2D eigenvalue weighted by Crippen LogP contribution is 2.25. The fourth-order valence-corrected chi connectivity index (χ4v) is 4.22. The summed E-state index contributed by atoms with van der Waals surface area (Å²) in [6.07, 6.45) is 9.06. The predicted octanol–water partition coefficient (Wildman–Crippen LogP) is 3.33. The number of fused-ring (bicyclic) bond motifs is 1. The number of rotatable bonds is 6. The van der Waals surface area contributed by atoms with Crippen molar-refractivity contribution in [2.24, 2.45) is 0 Å². The van der Waals surface area contributed by atoms with Crippen LogP contribution in [-0.4, -0.2) is 34.6 Å². The van der Waals surface area contributed by atoms with Crippen molar-refractivity contribution in [2.45, 2.75) is 57.7 Å². The molecule has 0 spiro atoms. The quantitative estimate of drug-likeness (QED) is 0.822. The molecule has 27 heavy (non-hydrogen) atoms. The number of carbonyl (C=O) groups is 1. The average Bonchev–Trinajstić information content (AvgIpc) is 3.34. The van der Waals surface area contributed by atoms with Crippen molar-refractivity contribution in [2.75, 3.05) is 23.3 Å². The molecule has 2 unspecified atom stereocenters. The molecular formula is C21H29N5O. The summed E-state index contributed by atoms with van der Waals surface area (Å²) < 4.78 is 2.21. The second kappa shape index (κ2) is 8.13. The minimum absolute atomic E-state index is 0.0488. The lowest BCUT2D eigenvalue weighted by molar-refractivity contribution is -0.116. The molecule has 3 heterocycles. The summed E-state index contributed by atoms with van der Waals surface area (Å²) in [5.41, 5.74) is 2.08. The molecule has 6 nitrogen and oxygen atoms in total. The van der Waals surface area contributed by atoms with Crippen molar-refractivity contribution in [1.82, 2.24) is 14.9 Å². The zero-order valence-corrected chi connectivity index (χ0v) is 16.0. The molecule has 1 saturated heterocycles. The van der Waals surface area contributed by atoms with E-state index in [0.29, 0.717) is 6.42 Å². The molecule has 0 bridgehead atoms. The first-order chi connectivity index (χ1) is 13.2. The number of hydrogen-bond acceptors (Lipinski definition) is 4. The lowest BCUT2D eigenvalue weighted by atomic mass is 10.1. The van der Waals surface area contributed by atoms with Gasteiger partial charge in [0, 0.05) is 55.9 Å². The molecule has 0 saturated carbocycles. The third-order valence-corrected chi connectivity index (χ3v) is 5.53. The van der Waals surface area contributed by atoms with Gasteiger partial charge in [-0.15, -0.1) is 0 Å². The van der Waals surface area contributed by atoms with Gasteiger partial charge < -0.3 is 20.1 Å². The van der Waals surface area contributed by atoms with E-state index < -0.39 is 0 Å². The van der Waals surface area contributed by atoms with Crippen molar-refractivity contribution in [3.8, 4) is 0 Å². The van der Waals surface area contributed by atoms with Crippen LogP contribution in [0.5, 0.6) is 0 Å². The van der Waals surface area contributed by atoms with Crippen molar-refractivity contribution >= 4 is 17.3 Å². The van der Waals surface area contributed by atoms with Crippen LogP contribution < -0.4 is 15.5 Å². The Morgan fingerprint density at radius 1 is 1.26 bits per heavy atom. The number of hydrogen-bond donors (Lipinski definition) is 2. The normalized spacial score (nSPS) is 20.3. The standard InChI is InChI=1S/C21H29N5O/c1-16(23-19-8-5-12-26-13-9-22-21(19)26)14-20(27)24-17-6-4-7-18(15-17)25-10-2-3-11-25/h4,6-7,9,13,15-16,19,23H,2-3,5,8,10-12,14H2,1H3,(H,24,27). The SMILES string of the molecule is CC(CC(=O)Nc1cccc(N2CCCC2)c1)NC1CCCn2ccnc21. The molecule has 2 N–H and O–H groups in total. The van der Waals surface area contributed by atoms with Crippen LogP contribution in [0.15, 0.2) is 36.7 Å². The van der Waals surface area contributed by atoms with E-state index in [1.807, 2.05) is 24.5 Å². The monoisotopic (exact) mass is 367 g/mol. The lowest BCUT2D eigenvalue weighted by Gasteiger charge is -2.27. The number of aryl methyl sites for hydroxylation is 1. The molecular weight excluding hydrogens is 338 g/mol. The number of nitrogens with one attached hydrogen (secondary N) is 2. The van der Waals surface area contributed by atoms with Crippen LogP contribution in [0, 0.1) is 0 Å². The molecule has 2 aliphatic heterocycles. The van der Waals surface area contributed by atoms with Crippen LogP contribution in [0.25, 0.3) is 0 Å². The van der Waals surface area contributed by atoms with Gasteiger partial charge in [-0.05, 0) is 50.8 Å². The topological polar surface area (TPSA) is 62.2 Å². The smallest absolute Gasteiger partial charge is 0.225 e. The molecule has 0 aliphatic carbocycles. The zero-order valence-electron chi connectivity index (χ0n) is 16.0. The third kappa shape index (κ3) is 4.33. The highest BCUT2D eigenvalue weighted by molar-refractivity contribution is 5.91. The van der Waals surface area contributed by atoms with Crippen molar-refractivity contribution in [1.29, 1.82) is 0 Å². The first kappa shape index (κ1) is 18.0. The van der Waals surface area contributed by atoms with Crippen LogP contribution in [-0.2, 0) is 11.3 Å². The van der Waals surface area contributed by atoms with E-state index in [9.17, 15) is 4.79 Å². The largest absolute Gasteiger partial charge is 0.371 e. The summed E-state index contributed by atoms with van der Waals surface area (Å²) in [5.74, 6) is 1.14. The molecule has 1 fully saturated rings. The van der Waals surface area contributed by atoms with E-state index in [0.717, 1.165) is 44.0 Å². The van der Waals surface area contributed by atoms with Gasteiger partial charge in [0.1, 0.15) is 5.82 Å². The molecule has 4 rings (SSSR count). The van der Waals surface area contributed by atoms with Gasteiger partial charge in [-0.1, -0.05) is 6.07 Å². The molecule has 6 heteroatoms. The van der Waals surface area contributed by atoms with Gasteiger partial charge in [-0.3, -0.25) is 4.79 Å². The summed E-state index contributed by atoms with van der Waals surface area (Å²) >= 11 is 0. The lowest BCUT2D eigenvalue weighted by Crippen LogP contribution is -2.36. The molecule has 1 aromatic carbocycles. The Labute approximate surface area is 161 Å².